The fourth-order valence-electron chi connectivity index (χ4n) is 3.75. The molecule has 0 aromatic heterocycles. The minimum atomic E-state index is -0.452. The van der Waals surface area contributed by atoms with Gasteiger partial charge >= 0.3 is 0 Å². The first kappa shape index (κ1) is 19.8. The van der Waals surface area contributed by atoms with Crippen molar-refractivity contribution in [1.29, 1.82) is 0 Å². The number of benzene rings is 1. The Morgan fingerprint density at radius 2 is 1.93 bits per heavy atom. The van der Waals surface area contributed by atoms with Crippen molar-refractivity contribution in [2.24, 2.45) is 5.92 Å². The van der Waals surface area contributed by atoms with Crippen molar-refractivity contribution >= 4 is 11.8 Å². The molecular weight excluding hydrogens is 344 g/mol. The third-order valence-corrected chi connectivity index (χ3v) is 5.69. The van der Waals surface area contributed by atoms with Crippen LogP contribution in [0, 0.1) is 5.92 Å². The largest absolute Gasteiger partial charge is 0.394 e. The molecule has 0 unspecified atom stereocenters. The van der Waals surface area contributed by atoms with Crippen LogP contribution < -0.4 is 10.6 Å². The fraction of sp³-hybridized carbons (Fsp3) is 0.619. The van der Waals surface area contributed by atoms with E-state index in [-0.39, 0.29) is 48.9 Å². The van der Waals surface area contributed by atoms with E-state index in [1.165, 1.54) is 0 Å². The molecule has 6 heteroatoms. The number of aliphatic hydroxyl groups is 1. The van der Waals surface area contributed by atoms with Crippen LogP contribution >= 0.6 is 0 Å². The Kier molecular flexibility index (Phi) is 6.85. The number of carbonyl (C=O) groups is 2. The van der Waals surface area contributed by atoms with Gasteiger partial charge in [-0.1, -0.05) is 36.8 Å². The quantitative estimate of drug-likeness (QED) is 0.682. The monoisotopic (exact) mass is 374 g/mol. The van der Waals surface area contributed by atoms with Gasteiger partial charge in [-0.25, -0.2) is 0 Å². The molecule has 4 atom stereocenters. The van der Waals surface area contributed by atoms with E-state index in [0.717, 1.165) is 31.2 Å². The lowest BCUT2D eigenvalue weighted by molar-refractivity contribution is -0.139. The molecule has 1 aromatic carbocycles. The van der Waals surface area contributed by atoms with Crippen molar-refractivity contribution in [1.82, 2.24) is 10.6 Å². The minimum Gasteiger partial charge on any atom is -0.394 e. The number of rotatable bonds is 7. The van der Waals surface area contributed by atoms with Gasteiger partial charge in [0.05, 0.1) is 31.2 Å². The Bertz CT molecular complexity index is 632. The number of aliphatic hydroxyl groups excluding tert-OH is 1. The lowest BCUT2D eigenvalue weighted by atomic mass is 9.84. The summed E-state index contributed by atoms with van der Waals surface area (Å²) >= 11 is 0. The summed E-state index contributed by atoms with van der Waals surface area (Å²) < 4.78 is 5.91. The summed E-state index contributed by atoms with van der Waals surface area (Å²) in [5, 5.41) is 15.7. The van der Waals surface area contributed by atoms with Crippen LogP contribution in [0.4, 0.5) is 0 Å². The molecule has 1 aliphatic heterocycles. The second kappa shape index (κ2) is 9.33. The Hall–Kier alpha value is -1.92. The predicted molar refractivity (Wildman–Crippen MR) is 102 cm³/mol. The Labute approximate surface area is 160 Å². The van der Waals surface area contributed by atoms with Crippen LogP contribution in [0.1, 0.15) is 57.1 Å². The van der Waals surface area contributed by atoms with Crippen molar-refractivity contribution in [3.05, 3.63) is 35.9 Å². The highest BCUT2D eigenvalue weighted by Gasteiger charge is 2.35. The van der Waals surface area contributed by atoms with E-state index >= 15 is 0 Å². The molecule has 1 aliphatic carbocycles. The van der Waals surface area contributed by atoms with E-state index < -0.39 is 6.10 Å². The molecule has 1 saturated carbocycles. The van der Waals surface area contributed by atoms with E-state index in [4.69, 9.17) is 4.74 Å². The van der Waals surface area contributed by atoms with Crippen LogP contribution in [-0.2, 0) is 14.3 Å². The average Bonchev–Trinajstić information content (AvgIpc) is 2.62. The number of amides is 2. The van der Waals surface area contributed by atoms with Gasteiger partial charge in [0.1, 0.15) is 6.10 Å². The lowest BCUT2D eigenvalue weighted by Gasteiger charge is -2.37. The summed E-state index contributed by atoms with van der Waals surface area (Å²) in [4.78, 5) is 24.5. The maximum atomic E-state index is 12.4. The SMILES string of the molecule is C[C@H](NC(=O)C[C@@H]1CC[C@@H](NC(=O)C2CCC2)[C@@H](CO)O1)c1ccccc1. The third kappa shape index (κ3) is 5.30. The molecule has 3 rings (SSSR count). The van der Waals surface area contributed by atoms with E-state index in [2.05, 4.69) is 10.6 Å². The molecule has 1 aromatic rings. The summed E-state index contributed by atoms with van der Waals surface area (Å²) in [5.41, 5.74) is 1.06. The summed E-state index contributed by atoms with van der Waals surface area (Å²) in [5.74, 6) is 0.124. The number of ether oxygens (including phenoxy) is 1. The number of hydrogen-bond acceptors (Lipinski definition) is 4. The lowest BCUT2D eigenvalue weighted by Crippen LogP contribution is -2.53. The second-order valence-corrected chi connectivity index (χ2v) is 7.70. The third-order valence-electron chi connectivity index (χ3n) is 5.69. The van der Waals surface area contributed by atoms with Crippen molar-refractivity contribution in [3.8, 4) is 0 Å². The molecule has 2 amide bonds. The van der Waals surface area contributed by atoms with Gasteiger partial charge in [-0.2, -0.15) is 0 Å². The summed E-state index contributed by atoms with van der Waals surface area (Å²) in [7, 11) is 0. The number of nitrogens with one attached hydrogen (secondary N) is 2. The molecule has 2 aliphatic rings. The van der Waals surface area contributed by atoms with Crippen molar-refractivity contribution in [3.63, 3.8) is 0 Å². The van der Waals surface area contributed by atoms with Crippen LogP contribution in [0.5, 0.6) is 0 Å². The van der Waals surface area contributed by atoms with E-state index in [1.54, 1.807) is 0 Å². The van der Waals surface area contributed by atoms with Gasteiger partial charge < -0.3 is 20.5 Å². The maximum Gasteiger partial charge on any atom is 0.223 e. The van der Waals surface area contributed by atoms with Gasteiger partial charge in [0.15, 0.2) is 0 Å². The molecular formula is C21H30N2O4. The first-order chi connectivity index (χ1) is 13.1. The van der Waals surface area contributed by atoms with E-state index in [9.17, 15) is 14.7 Å². The molecule has 0 radical (unpaired) electrons. The Morgan fingerprint density at radius 3 is 2.56 bits per heavy atom. The highest BCUT2D eigenvalue weighted by Crippen LogP contribution is 2.28. The van der Waals surface area contributed by atoms with Crippen LogP contribution in [0.25, 0.3) is 0 Å². The van der Waals surface area contributed by atoms with Crippen molar-refractivity contribution < 1.29 is 19.4 Å². The average molecular weight is 374 g/mol. The second-order valence-electron chi connectivity index (χ2n) is 7.70. The Balaban J connectivity index is 1.46. The van der Waals surface area contributed by atoms with Gasteiger partial charge in [-0.05, 0) is 38.2 Å². The van der Waals surface area contributed by atoms with Crippen LogP contribution in [0.15, 0.2) is 30.3 Å². The summed E-state index contributed by atoms with van der Waals surface area (Å²) in [6.07, 6.45) is 4.00. The molecule has 0 spiro atoms. The fourth-order valence-corrected chi connectivity index (χ4v) is 3.75. The molecule has 0 bridgehead atoms. The molecule has 1 heterocycles. The first-order valence-corrected chi connectivity index (χ1v) is 9.97. The van der Waals surface area contributed by atoms with Crippen molar-refractivity contribution in [2.75, 3.05) is 6.61 Å². The van der Waals surface area contributed by atoms with Gasteiger partial charge in [0.2, 0.25) is 11.8 Å². The zero-order valence-corrected chi connectivity index (χ0v) is 15.9. The summed E-state index contributed by atoms with van der Waals surface area (Å²) in [6.45, 7) is 1.80. The van der Waals surface area contributed by atoms with Crippen LogP contribution in [0.3, 0.4) is 0 Å². The predicted octanol–water partition coefficient (Wildman–Crippen LogP) is 2.08. The molecule has 148 valence electrons. The van der Waals surface area contributed by atoms with Crippen LogP contribution in [0.2, 0.25) is 0 Å². The summed E-state index contributed by atoms with van der Waals surface area (Å²) in [6, 6.07) is 9.58. The van der Waals surface area contributed by atoms with Crippen molar-refractivity contribution in [2.45, 2.75) is 69.7 Å². The van der Waals surface area contributed by atoms with Gasteiger partial charge in [0, 0.05) is 5.92 Å². The minimum absolute atomic E-state index is 0.0644. The molecule has 27 heavy (non-hydrogen) atoms. The van der Waals surface area contributed by atoms with Gasteiger partial charge in [-0.3, -0.25) is 9.59 Å². The standard InChI is InChI=1S/C21H30N2O4/c1-14(15-6-3-2-4-7-15)22-20(25)12-17-10-11-18(19(13-24)27-17)23-21(26)16-8-5-9-16/h2-4,6-7,14,16-19,24H,5,8-13H2,1H3,(H,22,25)(H,23,26)/t14-,17-,18+,19+/m0/s1. The smallest absolute Gasteiger partial charge is 0.223 e. The molecule has 3 N–H and O–H groups in total. The number of carbonyl (C=O) groups excluding carboxylic acids is 2. The first-order valence-electron chi connectivity index (χ1n) is 9.97. The molecule has 6 nitrogen and oxygen atoms in total. The zero-order chi connectivity index (χ0) is 19.2. The van der Waals surface area contributed by atoms with Crippen LogP contribution in [-0.4, -0.2) is 41.8 Å². The highest BCUT2D eigenvalue weighted by molar-refractivity contribution is 5.79. The molecule has 1 saturated heterocycles. The maximum absolute atomic E-state index is 12.4. The highest BCUT2D eigenvalue weighted by atomic mass is 16.5. The zero-order valence-electron chi connectivity index (χ0n) is 15.9. The molecule has 2 fully saturated rings. The number of hydrogen-bond donors (Lipinski definition) is 3. The van der Waals surface area contributed by atoms with E-state index in [1.807, 2.05) is 37.3 Å². The van der Waals surface area contributed by atoms with Gasteiger partial charge in [0.25, 0.3) is 0 Å². The van der Waals surface area contributed by atoms with E-state index in [0.29, 0.717) is 6.42 Å². The topological polar surface area (TPSA) is 87.7 Å². The van der Waals surface area contributed by atoms with Gasteiger partial charge in [-0.15, -0.1) is 0 Å². The Morgan fingerprint density at radius 1 is 1.19 bits per heavy atom. The normalized spacial score (nSPS) is 26.7.